The third-order valence-corrected chi connectivity index (χ3v) is 2.75. The number of carbonyl (C=O) groups is 1. The van der Waals surface area contributed by atoms with E-state index < -0.39 is 16.3 Å². The summed E-state index contributed by atoms with van der Waals surface area (Å²) in [4.78, 5) is 21.6. The largest absolute Gasteiger partial charge is 0.465 e. The first-order valence-corrected chi connectivity index (χ1v) is 5.94. The number of nitrogens with zero attached hydrogens (tertiary/aromatic N) is 1. The average molecular weight is 272 g/mol. The Morgan fingerprint density at radius 2 is 2.22 bits per heavy atom. The third kappa shape index (κ3) is 3.70. The van der Waals surface area contributed by atoms with E-state index in [2.05, 4.69) is 0 Å². The predicted molar refractivity (Wildman–Crippen MR) is 67.8 cm³/mol. The molecule has 0 aliphatic carbocycles. The average Bonchev–Trinajstić information content (AvgIpc) is 2.28. The summed E-state index contributed by atoms with van der Waals surface area (Å²) in [6, 6.07) is 4.67. The lowest BCUT2D eigenvalue weighted by molar-refractivity contribution is -0.385. The molecule has 0 saturated carbocycles. The molecular formula is C12H14ClNO4. The zero-order valence-corrected chi connectivity index (χ0v) is 10.9. The van der Waals surface area contributed by atoms with Crippen LogP contribution in [0.25, 0.3) is 0 Å². The minimum Gasteiger partial charge on any atom is -0.465 e. The van der Waals surface area contributed by atoms with Gasteiger partial charge in [0, 0.05) is 11.6 Å². The Morgan fingerprint density at radius 3 is 2.72 bits per heavy atom. The van der Waals surface area contributed by atoms with Crippen molar-refractivity contribution in [1.29, 1.82) is 0 Å². The molecule has 0 saturated heterocycles. The van der Waals surface area contributed by atoms with Gasteiger partial charge in [-0.25, -0.2) is 0 Å². The standard InChI is InChI=1S/C12H14ClNO4/c1-3-18-12(15)10(13)7-9-4-5-11(14(16)17)8(2)6-9/h4-6,10H,3,7H2,1-2H3. The van der Waals surface area contributed by atoms with E-state index >= 15 is 0 Å². The van der Waals surface area contributed by atoms with Crippen LogP contribution in [-0.4, -0.2) is 22.9 Å². The van der Waals surface area contributed by atoms with Crippen LogP contribution < -0.4 is 0 Å². The van der Waals surface area contributed by atoms with Crippen molar-refractivity contribution in [3.05, 3.63) is 39.4 Å². The number of halogens is 1. The molecule has 1 atom stereocenters. The maximum absolute atomic E-state index is 11.3. The van der Waals surface area contributed by atoms with Crippen LogP contribution in [0, 0.1) is 17.0 Å². The number of nitro groups is 1. The molecule has 0 aliphatic rings. The van der Waals surface area contributed by atoms with Crippen molar-refractivity contribution in [2.45, 2.75) is 25.6 Å². The van der Waals surface area contributed by atoms with Gasteiger partial charge in [0.25, 0.3) is 5.69 Å². The summed E-state index contributed by atoms with van der Waals surface area (Å²) >= 11 is 5.89. The first kappa shape index (κ1) is 14.4. The van der Waals surface area contributed by atoms with Crippen LogP contribution in [0.2, 0.25) is 0 Å². The smallest absolute Gasteiger partial charge is 0.324 e. The highest BCUT2D eigenvalue weighted by atomic mass is 35.5. The van der Waals surface area contributed by atoms with Gasteiger partial charge in [-0.05, 0) is 31.9 Å². The molecule has 0 amide bonds. The molecule has 6 heteroatoms. The molecule has 1 aromatic carbocycles. The van der Waals surface area contributed by atoms with E-state index in [1.165, 1.54) is 6.07 Å². The number of carbonyl (C=O) groups excluding carboxylic acids is 1. The summed E-state index contributed by atoms with van der Waals surface area (Å²) in [5, 5.41) is 9.88. The molecule has 18 heavy (non-hydrogen) atoms. The number of rotatable bonds is 5. The van der Waals surface area contributed by atoms with Gasteiger partial charge in [-0.2, -0.15) is 0 Å². The van der Waals surface area contributed by atoms with Crippen molar-refractivity contribution < 1.29 is 14.5 Å². The predicted octanol–water partition coefficient (Wildman–Crippen LogP) is 2.62. The fraction of sp³-hybridized carbons (Fsp3) is 0.417. The van der Waals surface area contributed by atoms with Gasteiger partial charge in [0.1, 0.15) is 5.38 Å². The number of ether oxygens (including phenoxy) is 1. The molecule has 5 nitrogen and oxygen atoms in total. The van der Waals surface area contributed by atoms with Crippen LogP contribution in [0.1, 0.15) is 18.1 Å². The minimum absolute atomic E-state index is 0.0565. The highest BCUT2D eigenvalue weighted by Gasteiger charge is 2.18. The lowest BCUT2D eigenvalue weighted by Crippen LogP contribution is -2.20. The maximum atomic E-state index is 11.3. The highest BCUT2D eigenvalue weighted by molar-refractivity contribution is 6.30. The molecule has 0 heterocycles. The zero-order valence-electron chi connectivity index (χ0n) is 10.2. The number of hydrogen-bond acceptors (Lipinski definition) is 4. The number of hydrogen-bond donors (Lipinski definition) is 0. The maximum Gasteiger partial charge on any atom is 0.324 e. The number of nitro benzene ring substituents is 1. The second-order valence-electron chi connectivity index (χ2n) is 3.80. The van der Waals surface area contributed by atoms with Gasteiger partial charge >= 0.3 is 5.97 Å². The Hall–Kier alpha value is -1.62. The zero-order chi connectivity index (χ0) is 13.7. The summed E-state index contributed by atoms with van der Waals surface area (Å²) in [6.45, 7) is 3.63. The molecule has 0 aliphatic heterocycles. The SMILES string of the molecule is CCOC(=O)C(Cl)Cc1ccc([N+](=O)[O-])c(C)c1. The van der Waals surface area contributed by atoms with Crippen LogP contribution >= 0.6 is 11.6 Å². The van der Waals surface area contributed by atoms with Gasteiger partial charge in [0.2, 0.25) is 0 Å². The van der Waals surface area contributed by atoms with E-state index in [9.17, 15) is 14.9 Å². The molecule has 1 unspecified atom stereocenters. The Bertz CT molecular complexity index is 461. The van der Waals surface area contributed by atoms with E-state index in [1.54, 1.807) is 26.0 Å². The van der Waals surface area contributed by atoms with Crippen molar-refractivity contribution in [3.8, 4) is 0 Å². The molecule has 1 aromatic rings. The molecule has 1 rings (SSSR count). The highest BCUT2D eigenvalue weighted by Crippen LogP contribution is 2.20. The van der Waals surface area contributed by atoms with E-state index in [4.69, 9.17) is 16.3 Å². The molecule has 0 spiro atoms. The second kappa shape index (κ2) is 6.35. The number of alkyl halides is 1. The fourth-order valence-corrected chi connectivity index (χ4v) is 1.81. The second-order valence-corrected chi connectivity index (χ2v) is 4.33. The summed E-state index contributed by atoms with van der Waals surface area (Å²) in [5.74, 6) is -0.477. The molecule has 0 radical (unpaired) electrons. The summed E-state index contributed by atoms with van der Waals surface area (Å²) in [7, 11) is 0. The van der Waals surface area contributed by atoms with E-state index in [-0.39, 0.29) is 12.3 Å². The quantitative estimate of drug-likeness (QED) is 0.357. The van der Waals surface area contributed by atoms with Crippen molar-refractivity contribution >= 4 is 23.3 Å². The van der Waals surface area contributed by atoms with Crippen molar-refractivity contribution in [2.75, 3.05) is 6.61 Å². The lowest BCUT2D eigenvalue weighted by atomic mass is 10.1. The Morgan fingerprint density at radius 1 is 1.56 bits per heavy atom. The molecule has 0 N–H and O–H groups in total. The van der Waals surface area contributed by atoms with Gasteiger partial charge in [0.05, 0.1) is 11.5 Å². The number of esters is 1. The van der Waals surface area contributed by atoms with E-state index in [0.29, 0.717) is 12.0 Å². The molecule has 98 valence electrons. The van der Waals surface area contributed by atoms with Crippen LogP contribution in [-0.2, 0) is 16.0 Å². The topological polar surface area (TPSA) is 69.4 Å². The lowest BCUT2D eigenvalue weighted by Gasteiger charge is -2.09. The minimum atomic E-state index is -0.772. The van der Waals surface area contributed by atoms with Crippen LogP contribution in [0.4, 0.5) is 5.69 Å². The van der Waals surface area contributed by atoms with Gasteiger partial charge in [-0.3, -0.25) is 14.9 Å². The fourth-order valence-electron chi connectivity index (χ4n) is 1.57. The molecular weight excluding hydrogens is 258 g/mol. The number of benzene rings is 1. The van der Waals surface area contributed by atoms with Gasteiger partial charge in [-0.15, -0.1) is 11.6 Å². The van der Waals surface area contributed by atoms with Crippen LogP contribution in [0.15, 0.2) is 18.2 Å². The molecule has 0 bridgehead atoms. The van der Waals surface area contributed by atoms with Gasteiger partial charge in [-0.1, -0.05) is 6.07 Å². The Balaban J connectivity index is 2.77. The van der Waals surface area contributed by atoms with Crippen LogP contribution in [0.3, 0.4) is 0 Å². The summed E-state index contributed by atoms with van der Waals surface area (Å²) in [6.07, 6.45) is 0.291. The summed E-state index contributed by atoms with van der Waals surface area (Å²) < 4.78 is 4.79. The number of aryl methyl sites for hydroxylation is 1. The Kier molecular flexibility index (Phi) is 5.09. The summed E-state index contributed by atoms with van der Waals surface area (Å²) in [5.41, 5.74) is 1.37. The van der Waals surface area contributed by atoms with Gasteiger partial charge < -0.3 is 4.74 Å². The third-order valence-electron chi connectivity index (χ3n) is 2.42. The van der Waals surface area contributed by atoms with E-state index in [0.717, 1.165) is 5.56 Å². The van der Waals surface area contributed by atoms with Crippen molar-refractivity contribution in [2.24, 2.45) is 0 Å². The Labute approximate surface area is 110 Å². The van der Waals surface area contributed by atoms with Crippen molar-refractivity contribution in [1.82, 2.24) is 0 Å². The van der Waals surface area contributed by atoms with Crippen LogP contribution in [0.5, 0.6) is 0 Å². The molecule has 0 fully saturated rings. The monoisotopic (exact) mass is 271 g/mol. The van der Waals surface area contributed by atoms with Crippen molar-refractivity contribution in [3.63, 3.8) is 0 Å². The first-order chi connectivity index (χ1) is 8.45. The molecule has 0 aromatic heterocycles. The van der Waals surface area contributed by atoms with E-state index in [1.807, 2.05) is 0 Å². The van der Waals surface area contributed by atoms with Gasteiger partial charge in [0.15, 0.2) is 0 Å². The normalized spacial score (nSPS) is 11.9. The first-order valence-electron chi connectivity index (χ1n) is 5.50.